The van der Waals surface area contributed by atoms with Crippen LogP contribution in [0.1, 0.15) is 6.42 Å². The average Bonchev–Trinajstić information content (AvgIpc) is 2.75. The van der Waals surface area contributed by atoms with Gasteiger partial charge in [-0.2, -0.15) is 0 Å². The first kappa shape index (κ1) is 16.0. The highest BCUT2D eigenvalue weighted by molar-refractivity contribution is 5.65. The second kappa shape index (κ2) is 6.20. The smallest absolute Gasteiger partial charge is 0.299 e. The summed E-state index contributed by atoms with van der Waals surface area (Å²) in [5.74, 6) is -0.662. The van der Waals surface area contributed by atoms with Crippen molar-refractivity contribution < 1.29 is 24.5 Å². The molecule has 22 heavy (non-hydrogen) atoms. The highest BCUT2D eigenvalue weighted by Gasteiger charge is 2.43. The standard InChI is InChI=1S/C12H14FN3O6/c13-11-9(3-6(5-17)12(11)18)14-8-2-1-7(15(19)20)4-10(8)16(21)22/h1-2,4,6,9,11-12,14,17-18H,3,5H2/t6-,9-,11+,12-/m1/s1. The van der Waals surface area contributed by atoms with Crippen molar-refractivity contribution in [2.24, 2.45) is 5.92 Å². The molecule has 2 rings (SSSR count). The van der Waals surface area contributed by atoms with Gasteiger partial charge >= 0.3 is 0 Å². The van der Waals surface area contributed by atoms with Crippen LogP contribution >= 0.6 is 0 Å². The maximum atomic E-state index is 13.9. The number of nitrogens with one attached hydrogen (secondary N) is 1. The van der Waals surface area contributed by atoms with Gasteiger partial charge < -0.3 is 15.5 Å². The van der Waals surface area contributed by atoms with Crippen LogP contribution in [0, 0.1) is 26.1 Å². The number of aliphatic hydroxyl groups is 2. The number of alkyl halides is 1. The van der Waals surface area contributed by atoms with E-state index in [-0.39, 0.29) is 12.1 Å². The van der Waals surface area contributed by atoms with Gasteiger partial charge in [0.15, 0.2) is 0 Å². The SMILES string of the molecule is O=[N+]([O-])c1ccc(N[C@@H]2C[C@H](CO)[C@@H](O)[C@H]2F)c([N+](=O)[O-])c1. The fraction of sp³-hybridized carbons (Fsp3) is 0.500. The Morgan fingerprint density at radius 2 is 2.00 bits per heavy atom. The molecule has 1 aliphatic rings. The molecule has 0 bridgehead atoms. The fourth-order valence-corrected chi connectivity index (χ4v) is 2.52. The predicted octanol–water partition coefficient (Wildman–Crippen LogP) is 0.995. The van der Waals surface area contributed by atoms with E-state index in [1.165, 1.54) is 0 Å². The molecule has 1 saturated carbocycles. The van der Waals surface area contributed by atoms with E-state index in [2.05, 4.69) is 5.32 Å². The average molecular weight is 315 g/mol. The Morgan fingerprint density at radius 3 is 2.50 bits per heavy atom. The van der Waals surface area contributed by atoms with Crippen LogP contribution in [0.3, 0.4) is 0 Å². The molecule has 9 nitrogen and oxygen atoms in total. The van der Waals surface area contributed by atoms with Crippen molar-refractivity contribution in [1.82, 2.24) is 0 Å². The van der Waals surface area contributed by atoms with Gasteiger partial charge in [0.1, 0.15) is 11.9 Å². The molecule has 1 fully saturated rings. The van der Waals surface area contributed by atoms with Crippen molar-refractivity contribution >= 4 is 17.1 Å². The van der Waals surface area contributed by atoms with Gasteiger partial charge in [0.05, 0.1) is 28.1 Å². The number of nitro groups is 2. The normalized spacial score (nSPS) is 27.6. The zero-order valence-electron chi connectivity index (χ0n) is 11.3. The van der Waals surface area contributed by atoms with Crippen LogP contribution in [0.2, 0.25) is 0 Å². The van der Waals surface area contributed by atoms with Crippen LogP contribution in [-0.2, 0) is 0 Å². The zero-order valence-corrected chi connectivity index (χ0v) is 11.3. The Hall–Kier alpha value is -2.33. The minimum atomic E-state index is -1.70. The number of rotatable bonds is 5. The quantitative estimate of drug-likeness (QED) is 0.544. The van der Waals surface area contributed by atoms with E-state index in [0.717, 1.165) is 18.2 Å². The molecule has 1 aromatic rings. The van der Waals surface area contributed by atoms with E-state index in [0.29, 0.717) is 0 Å². The molecule has 0 heterocycles. The lowest BCUT2D eigenvalue weighted by molar-refractivity contribution is -0.393. The third-order valence-corrected chi connectivity index (χ3v) is 3.71. The minimum Gasteiger partial charge on any atom is -0.396 e. The van der Waals surface area contributed by atoms with Crippen molar-refractivity contribution in [3.63, 3.8) is 0 Å². The first-order valence-corrected chi connectivity index (χ1v) is 6.47. The van der Waals surface area contributed by atoms with Crippen molar-refractivity contribution in [3.8, 4) is 0 Å². The summed E-state index contributed by atoms with van der Waals surface area (Å²) in [6.07, 6.45) is -2.97. The summed E-state index contributed by atoms with van der Waals surface area (Å²) in [6, 6.07) is 2.05. The molecule has 0 radical (unpaired) electrons. The molecule has 3 N–H and O–H groups in total. The van der Waals surface area contributed by atoms with Crippen LogP contribution < -0.4 is 5.32 Å². The van der Waals surface area contributed by atoms with E-state index >= 15 is 0 Å². The molecule has 0 saturated heterocycles. The molecule has 0 aliphatic heterocycles. The summed E-state index contributed by atoms with van der Waals surface area (Å²) >= 11 is 0. The van der Waals surface area contributed by atoms with Gasteiger partial charge in [0, 0.05) is 18.6 Å². The summed E-state index contributed by atoms with van der Waals surface area (Å²) in [4.78, 5) is 20.1. The lowest BCUT2D eigenvalue weighted by atomic mass is 10.1. The number of aliphatic hydroxyl groups excluding tert-OH is 2. The minimum absolute atomic E-state index is 0.0750. The summed E-state index contributed by atoms with van der Waals surface area (Å²) in [5.41, 5.74) is -1.08. The molecular weight excluding hydrogens is 301 g/mol. The Kier molecular flexibility index (Phi) is 4.52. The first-order valence-electron chi connectivity index (χ1n) is 6.47. The maximum absolute atomic E-state index is 13.9. The maximum Gasteiger partial charge on any atom is 0.299 e. The summed E-state index contributed by atoms with van der Waals surface area (Å²) in [6.45, 7) is -0.401. The molecule has 4 atom stereocenters. The molecule has 1 aromatic carbocycles. The number of nitrogens with zero attached hydrogens (tertiary/aromatic N) is 2. The third-order valence-electron chi connectivity index (χ3n) is 3.71. The van der Waals surface area contributed by atoms with Crippen LogP contribution in [0.4, 0.5) is 21.5 Å². The number of non-ortho nitro benzene ring substituents is 1. The van der Waals surface area contributed by atoms with Gasteiger partial charge in [-0.05, 0) is 12.5 Å². The molecule has 0 aromatic heterocycles. The molecule has 120 valence electrons. The van der Waals surface area contributed by atoms with E-state index in [1.54, 1.807) is 0 Å². The number of hydrogen-bond acceptors (Lipinski definition) is 7. The molecule has 0 amide bonds. The van der Waals surface area contributed by atoms with Crippen molar-refractivity contribution in [1.29, 1.82) is 0 Å². The number of nitro benzene ring substituents is 2. The largest absolute Gasteiger partial charge is 0.396 e. The van der Waals surface area contributed by atoms with Gasteiger partial charge in [-0.25, -0.2) is 4.39 Å². The van der Waals surface area contributed by atoms with Crippen molar-refractivity contribution in [3.05, 3.63) is 38.4 Å². The molecule has 10 heteroatoms. The lowest BCUT2D eigenvalue weighted by Gasteiger charge is -2.17. The molecule has 0 unspecified atom stereocenters. The predicted molar refractivity (Wildman–Crippen MR) is 73.3 cm³/mol. The number of benzene rings is 1. The van der Waals surface area contributed by atoms with Crippen LogP contribution in [-0.4, -0.2) is 45.0 Å². The van der Waals surface area contributed by atoms with Gasteiger partial charge in [0.25, 0.3) is 11.4 Å². The fourth-order valence-electron chi connectivity index (χ4n) is 2.52. The van der Waals surface area contributed by atoms with E-state index in [4.69, 9.17) is 5.11 Å². The highest BCUT2D eigenvalue weighted by atomic mass is 19.1. The Bertz CT molecular complexity index is 598. The Balaban J connectivity index is 2.26. The number of halogens is 1. The van der Waals surface area contributed by atoms with Crippen LogP contribution in [0.5, 0.6) is 0 Å². The highest BCUT2D eigenvalue weighted by Crippen LogP contribution is 2.35. The topological polar surface area (TPSA) is 139 Å². The third kappa shape index (κ3) is 2.97. The van der Waals surface area contributed by atoms with Gasteiger partial charge in [-0.1, -0.05) is 0 Å². The van der Waals surface area contributed by atoms with Crippen LogP contribution in [0.15, 0.2) is 18.2 Å². The molecule has 0 spiro atoms. The monoisotopic (exact) mass is 315 g/mol. The van der Waals surface area contributed by atoms with Crippen LogP contribution in [0.25, 0.3) is 0 Å². The molecular formula is C12H14FN3O6. The van der Waals surface area contributed by atoms with E-state index in [9.17, 15) is 29.7 Å². The summed E-state index contributed by atoms with van der Waals surface area (Å²) in [7, 11) is 0. The number of anilines is 1. The van der Waals surface area contributed by atoms with Crippen molar-refractivity contribution in [2.75, 3.05) is 11.9 Å². The van der Waals surface area contributed by atoms with Crippen molar-refractivity contribution in [2.45, 2.75) is 24.7 Å². The van der Waals surface area contributed by atoms with Gasteiger partial charge in [0.2, 0.25) is 0 Å². The second-order valence-corrected chi connectivity index (χ2v) is 5.08. The Morgan fingerprint density at radius 1 is 1.32 bits per heavy atom. The van der Waals surface area contributed by atoms with E-state index in [1.807, 2.05) is 0 Å². The second-order valence-electron chi connectivity index (χ2n) is 5.08. The lowest BCUT2D eigenvalue weighted by Crippen LogP contribution is -2.32. The Labute approximate surface area is 123 Å². The molecule has 1 aliphatic carbocycles. The zero-order chi connectivity index (χ0) is 16.4. The van der Waals surface area contributed by atoms with Gasteiger partial charge in [-0.3, -0.25) is 20.2 Å². The van der Waals surface area contributed by atoms with Gasteiger partial charge in [-0.15, -0.1) is 0 Å². The summed E-state index contributed by atoms with van der Waals surface area (Å²) < 4.78 is 13.9. The first-order chi connectivity index (χ1) is 10.3. The number of hydrogen-bond donors (Lipinski definition) is 3. The van der Waals surface area contributed by atoms with E-state index < -0.39 is 52.1 Å². The summed E-state index contributed by atoms with van der Waals surface area (Å²) in [5, 5.41) is 42.9.